The summed E-state index contributed by atoms with van der Waals surface area (Å²) in [5.41, 5.74) is 8.36. The number of anilines is 2. The molecule has 0 atom stereocenters. The number of nitrogens with one attached hydrogen (secondary N) is 1. The van der Waals surface area contributed by atoms with E-state index in [2.05, 4.69) is 14.5 Å². The minimum Gasteiger partial charge on any atom is -0.395 e. The number of benzene rings is 1. The standard InChI is InChI=1S/C24H22F2N4O4/c1-13-2-7-20(29-21(13)16-10-15(8-9-27)22(31)28-12-16)30(23(32)14-3-4-14)17-5-6-18-19(11-17)34-24(25,26)33-18/h2,5-7,10-12,14H,3-4,8-9,27H2,1H3,(H,28,31). The summed E-state index contributed by atoms with van der Waals surface area (Å²) in [6, 6.07) is 9.46. The number of amides is 1. The summed E-state index contributed by atoms with van der Waals surface area (Å²) in [6.07, 6.45) is -0.279. The largest absolute Gasteiger partial charge is 0.586 e. The molecule has 1 aliphatic heterocycles. The maximum Gasteiger partial charge on any atom is 0.586 e. The van der Waals surface area contributed by atoms with Crippen molar-refractivity contribution in [1.29, 1.82) is 0 Å². The molecule has 3 aromatic rings. The first kappa shape index (κ1) is 22.0. The third-order valence-electron chi connectivity index (χ3n) is 5.77. The molecule has 2 aromatic heterocycles. The highest BCUT2D eigenvalue weighted by molar-refractivity contribution is 6.02. The first-order chi connectivity index (χ1) is 16.3. The van der Waals surface area contributed by atoms with Crippen molar-refractivity contribution >= 4 is 17.4 Å². The number of aromatic nitrogens is 2. The van der Waals surface area contributed by atoms with Gasteiger partial charge in [-0.1, -0.05) is 6.07 Å². The molecule has 0 spiro atoms. The number of fused-ring (bicyclic) bond motifs is 1. The number of halogens is 2. The molecule has 1 saturated carbocycles. The molecule has 10 heteroatoms. The first-order valence-corrected chi connectivity index (χ1v) is 10.9. The van der Waals surface area contributed by atoms with E-state index >= 15 is 0 Å². The van der Waals surface area contributed by atoms with Crippen LogP contribution in [-0.4, -0.2) is 28.7 Å². The summed E-state index contributed by atoms with van der Waals surface area (Å²) in [5.74, 6) is -0.281. The Morgan fingerprint density at radius 2 is 1.97 bits per heavy atom. The van der Waals surface area contributed by atoms with Crippen LogP contribution in [0.15, 0.2) is 47.4 Å². The van der Waals surface area contributed by atoms with Crippen molar-refractivity contribution in [2.75, 3.05) is 11.4 Å². The monoisotopic (exact) mass is 468 g/mol. The molecule has 1 aliphatic carbocycles. The molecular formula is C24H22F2N4O4. The maximum absolute atomic E-state index is 13.5. The lowest BCUT2D eigenvalue weighted by molar-refractivity contribution is -0.286. The number of aryl methyl sites for hydroxylation is 1. The summed E-state index contributed by atoms with van der Waals surface area (Å²) in [4.78, 5) is 34.2. The number of carbonyl (C=O) groups excluding carboxylic acids is 1. The Kier molecular flexibility index (Phi) is 5.32. The molecule has 0 radical (unpaired) electrons. The molecule has 1 aromatic carbocycles. The lowest BCUT2D eigenvalue weighted by atomic mass is 10.1. The minimum atomic E-state index is -3.76. The van der Waals surface area contributed by atoms with Crippen LogP contribution in [0, 0.1) is 12.8 Å². The topological polar surface area (TPSA) is 111 Å². The van der Waals surface area contributed by atoms with Crippen molar-refractivity contribution in [2.24, 2.45) is 11.7 Å². The lowest BCUT2D eigenvalue weighted by Gasteiger charge is -2.23. The number of carbonyl (C=O) groups is 1. The van der Waals surface area contributed by atoms with Crippen LogP contribution in [0.3, 0.4) is 0 Å². The number of aromatic amines is 1. The minimum absolute atomic E-state index is 0.106. The molecule has 2 aliphatic rings. The molecule has 5 rings (SSSR count). The SMILES string of the molecule is Cc1ccc(N(C(=O)C2CC2)c2ccc3c(c2)OC(F)(F)O3)nc1-c1c[nH]c(=O)c(CCN)c1. The Bertz CT molecular complexity index is 1340. The van der Waals surface area contributed by atoms with Crippen LogP contribution in [0.1, 0.15) is 24.0 Å². The van der Waals surface area contributed by atoms with Crippen molar-refractivity contribution in [3.63, 3.8) is 0 Å². The Hall–Kier alpha value is -3.79. The predicted octanol–water partition coefficient (Wildman–Crippen LogP) is 3.64. The van der Waals surface area contributed by atoms with Crippen LogP contribution in [0.2, 0.25) is 0 Å². The van der Waals surface area contributed by atoms with Crippen molar-refractivity contribution in [3.05, 3.63) is 64.1 Å². The average molecular weight is 468 g/mol. The van der Waals surface area contributed by atoms with Crippen molar-refractivity contribution < 1.29 is 23.0 Å². The molecule has 0 bridgehead atoms. The third-order valence-corrected chi connectivity index (χ3v) is 5.77. The number of rotatable bonds is 6. The van der Waals surface area contributed by atoms with Crippen LogP contribution in [0.4, 0.5) is 20.3 Å². The first-order valence-electron chi connectivity index (χ1n) is 10.9. The number of nitrogens with zero attached hydrogens (tertiary/aromatic N) is 2. The molecule has 0 unspecified atom stereocenters. The fraction of sp³-hybridized carbons (Fsp3) is 0.292. The van der Waals surface area contributed by atoms with E-state index in [0.717, 1.165) is 18.4 Å². The zero-order chi connectivity index (χ0) is 24.0. The van der Waals surface area contributed by atoms with Gasteiger partial charge in [0.2, 0.25) is 5.91 Å². The van der Waals surface area contributed by atoms with Crippen LogP contribution in [0.5, 0.6) is 11.5 Å². The highest BCUT2D eigenvalue weighted by Gasteiger charge is 2.44. The molecule has 176 valence electrons. The number of alkyl halides is 2. The second-order valence-electron chi connectivity index (χ2n) is 8.36. The number of H-pyrrole nitrogens is 1. The van der Waals surface area contributed by atoms with Gasteiger partial charge in [-0.25, -0.2) is 4.98 Å². The van der Waals surface area contributed by atoms with Gasteiger partial charge in [0, 0.05) is 29.3 Å². The summed E-state index contributed by atoms with van der Waals surface area (Å²) in [7, 11) is 0. The van der Waals surface area contributed by atoms with E-state index < -0.39 is 6.29 Å². The quantitative estimate of drug-likeness (QED) is 0.572. The zero-order valence-electron chi connectivity index (χ0n) is 18.3. The Morgan fingerprint density at radius 1 is 1.21 bits per heavy atom. The van der Waals surface area contributed by atoms with E-state index in [1.807, 2.05) is 13.0 Å². The van der Waals surface area contributed by atoms with Gasteiger partial charge in [-0.05, 0) is 62.6 Å². The van der Waals surface area contributed by atoms with Crippen molar-refractivity contribution in [1.82, 2.24) is 9.97 Å². The van der Waals surface area contributed by atoms with Gasteiger partial charge >= 0.3 is 6.29 Å². The molecule has 8 nitrogen and oxygen atoms in total. The summed E-state index contributed by atoms with van der Waals surface area (Å²) >= 11 is 0. The van der Waals surface area contributed by atoms with Gasteiger partial charge in [0.15, 0.2) is 11.5 Å². The lowest BCUT2D eigenvalue weighted by Crippen LogP contribution is -2.28. The second kappa shape index (κ2) is 8.21. The zero-order valence-corrected chi connectivity index (χ0v) is 18.3. The molecule has 0 saturated heterocycles. The van der Waals surface area contributed by atoms with E-state index in [1.165, 1.54) is 23.1 Å². The predicted molar refractivity (Wildman–Crippen MR) is 120 cm³/mol. The van der Waals surface area contributed by atoms with E-state index in [0.29, 0.717) is 41.3 Å². The van der Waals surface area contributed by atoms with E-state index in [-0.39, 0.29) is 28.9 Å². The molecule has 3 N–H and O–H groups in total. The summed E-state index contributed by atoms with van der Waals surface area (Å²) in [6.45, 7) is 2.20. The van der Waals surface area contributed by atoms with Gasteiger partial charge in [-0.2, -0.15) is 0 Å². The second-order valence-corrected chi connectivity index (χ2v) is 8.36. The summed E-state index contributed by atoms with van der Waals surface area (Å²) < 4.78 is 36.1. The van der Waals surface area contributed by atoms with Crippen LogP contribution in [-0.2, 0) is 11.2 Å². The molecule has 3 heterocycles. The highest BCUT2D eigenvalue weighted by atomic mass is 19.3. The number of pyridine rings is 2. The van der Waals surface area contributed by atoms with E-state index in [9.17, 15) is 18.4 Å². The number of hydrogen-bond acceptors (Lipinski definition) is 6. The fourth-order valence-electron chi connectivity index (χ4n) is 3.91. The van der Waals surface area contributed by atoms with Gasteiger partial charge in [0.25, 0.3) is 5.56 Å². The molecule has 34 heavy (non-hydrogen) atoms. The van der Waals surface area contributed by atoms with Crippen LogP contribution < -0.4 is 25.7 Å². The van der Waals surface area contributed by atoms with Gasteiger partial charge in [-0.15, -0.1) is 8.78 Å². The van der Waals surface area contributed by atoms with Crippen molar-refractivity contribution in [3.8, 4) is 22.8 Å². The average Bonchev–Trinajstić information content (AvgIpc) is 3.59. The molecular weight excluding hydrogens is 446 g/mol. The number of ether oxygens (including phenoxy) is 2. The normalized spacial score (nSPS) is 15.9. The summed E-state index contributed by atoms with van der Waals surface area (Å²) in [5, 5.41) is 0. The Morgan fingerprint density at radius 3 is 2.71 bits per heavy atom. The van der Waals surface area contributed by atoms with Gasteiger partial charge in [0.05, 0.1) is 11.4 Å². The van der Waals surface area contributed by atoms with Crippen molar-refractivity contribution in [2.45, 2.75) is 32.5 Å². The van der Waals surface area contributed by atoms with Crippen LogP contribution in [0.25, 0.3) is 11.3 Å². The molecule has 1 fully saturated rings. The number of nitrogens with two attached hydrogens (primary N) is 1. The van der Waals surface area contributed by atoms with Gasteiger partial charge < -0.3 is 20.2 Å². The van der Waals surface area contributed by atoms with Crippen LogP contribution >= 0.6 is 0 Å². The van der Waals surface area contributed by atoms with Gasteiger partial charge in [-0.3, -0.25) is 14.5 Å². The van der Waals surface area contributed by atoms with E-state index in [1.54, 1.807) is 18.3 Å². The Balaban J connectivity index is 1.58. The fourth-order valence-corrected chi connectivity index (χ4v) is 3.91. The Labute approximate surface area is 193 Å². The highest BCUT2D eigenvalue weighted by Crippen LogP contribution is 2.45. The molecule has 1 amide bonds. The number of hydrogen-bond donors (Lipinski definition) is 2. The van der Waals surface area contributed by atoms with Gasteiger partial charge in [0.1, 0.15) is 5.82 Å². The third kappa shape index (κ3) is 4.12. The smallest absolute Gasteiger partial charge is 0.395 e. The van der Waals surface area contributed by atoms with E-state index in [4.69, 9.17) is 10.7 Å². The maximum atomic E-state index is 13.5.